The van der Waals surface area contributed by atoms with Gasteiger partial charge >= 0.3 is 6.18 Å². The van der Waals surface area contributed by atoms with Gasteiger partial charge in [-0.2, -0.15) is 13.2 Å². The van der Waals surface area contributed by atoms with E-state index >= 15 is 0 Å². The average molecular weight is 246 g/mol. The van der Waals surface area contributed by atoms with E-state index in [1.54, 1.807) is 0 Å². The first-order valence-corrected chi connectivity index (χ1v) is 4.91. The van der Waals surface area contributed by atoms with E-state index in [-0.39, 0.29) is 17.9 Å². The summed E-state index contributed by atoms with van der Waals surface area (Å²) in [5.41, 5.74) is -0.182. The molecule has 6 heteroatoms. The number of rotatable bonds is 1. The molecule has 0 amide bonds. The topological polar surface area (TPSA) is 35.5 Å². The third kappa shape index (κ3) is 2.20. The summed E-state index contributed by atoms with van der Waals surface area (Å²) >= 11 is 0. The van der Waals surface area contributed by atoms with E-state index in [0.29, 0.717) is 12.4 Å². The Labute approximate surface area is 95.1 Å². The number of hydrogen-bond acceptors (Lipinski definition) is 3. The van der Waals surface area contributed by atoms with Crippen LogP contribution in [0.2, 0.25) is 0 Å². The highest BCUT2D eigenvalue weighted by atomic mass is 19.4. The Morgan fingerprint density at radius 1 is 1.18 bits per heavy atom. The van der Waals surface area contributed by atoms with Crippen LogP contribution in [0.5, 0.6) is 11.5 Å². The Balaban J connectivity index is 2.45. The van der Waals surface area contributed by atoms with Crippen molar-refractivity contribution in [3.8, 4) is 11.5 Å². The Hall–Kier alpha value is -1.72. The Bertz CT molecular complexity index is 466. The van der Waals surface area contributed by atoms with E-state index in [0.717, 1.165) is 6.07 Å². The number of Topliss-reactive ketones (excluding diaryl/α,β-unsaturated/α-hetero) is 1. The minimum Gasteiger partial charge on any atom is -0.486 e. The molecule has 0 saturated carbocycles. The third-order valence-corrected chi connectivity index (χ3v) is 2.39. The molecule has 0 N–H and O–H groups in total. The number of carbonyl (C=O) groups excluding carboxylic acids is 1. The minimum absolute atomic E-state index is 0.175. The molecule has 0 spiro atoms. The van der Waals surface area contributed by atoms with Crippen LogP contribution in [-0.2, 0) is 0 Å². The van der Waals surface area contributed by atoms with Gasteiger partial charge in [0.2, 0.25) is 0 Å². The zero-order valence-electron chi connectivity index (χ0n) is 8.93. The van der Waals surface area contributed by atoms with Crippen molar-refractivity contribution in [1.29, 1.82) is 0 Å². The molecular formula is C11H9F3O3. The van der Waals surface area contributed by atoms with Crippen molar-refractivity contribution in [2.45, 2.75) is 13.1 Å². The van der Waals surface area contributed by atoms with E-state index in [9.17, 15) is 18.0 Å². The van der Waals surface area contributed by atoms with Crippen molar-refractivity contribution in [1.82, 2.24) is 0 Å². The smallest absolute Gasteiger partial charge is 0.454 e. The van der Waals surface area contributed by atoms with Gasteiger partial charge in [-0.05, 0) is 24.6 Å². The Kier molecular flexibility index (Phi) is 2.73. The number of fused-ring (bicyclic) bond motifs is 1. The largest absolute Gasteiger partial charge is 0.486 e. The van der Waals surface area contributed by atoms with Gasteiger partial charge in [0, 0.05) is 5.56 Å². The summed E-state index contributed by atoms with van der Waals surface area (Å²) in [5, 5.41) is 0. The van der Waals surface area contributed by atoms with Gasteiger partial charge < -0.3 is 9.47 Å². The van der Waals surface area contributed by atoms with Gasteiger partial charge in [-0.25, -0.2) is 0 Å². The molecule has 0 bridgehead atoms. The fourth-order valence-corrected chi connectivity index (χ4v) is 1.59. The Morgan fingerprint density at radius 2 is 1.71 bits per heavy atom. The van der Waals surface area contributed by atoms with Gasteiger partial charge in [-0.15, -0.1) is 0 Å². The normalized spacial score (nSPS) is 14.6. The summed E-state index contributed by atoms with van der Waals surface area (Å²) in [6, 6.07) is 2.47. The molecule has 17 heavy (non-hydrogen) atoms. The number of ether oxygens (including phenoxy) is 2. The van der Waals surface area contributed by atoms with Gasteiger partial charge in [0.15, 0.2) is 11.5 Å². The molecule has 0 fully saturated rings. The highest BCUT2D eigenvalue weighted by Gasteiger charge is 2.40. The van der Waals surface area contributed by atoms with Crippen LogP contribution in [-0.4, -0.2) is 25.2 Å². The van der Waals surface area contributed by atoms with Gasteiger partial charge in [-0.1, -0.05) is 0 Å². The number of hydrogen-bond donors (Lipinski definition) is 0. The fourth-order valence-electron chi connectivity index (χ4n) is 1.59. The summed E-state index contributed by atoms with van der Waals surface area (Å²) < 4.78 is 47.3. The van der Waals surface area contributed by atoms with Crippen molar-refractivity contribution in [3.63, 3.8) is 0 Å². The van der Waals surface area contributed by atoms with Crippen molar-refractivity contribution in [3.05, 3.63) is 23.3 Å². The summed E-state index contributed by atoms with van der Waals surface area (Å²) in [7, 11) is 0. The first-order valence-electron chi connectivity index (χ1n) is 4.91. The molecule has 0 unspecified atom stereocenters. The lowest BCUT2D eigenvalue weighted by Crippen LogP contribution is -2.24. The van der Waals surface area contributed by atoms with Crippen molar-refractivity contribution < 1.29 is 27.4 Å². The fraction of sp³-hybridized carbons (Fsp3) is 0.364. The lowest BCUT2D eigenvalue weighted by Gasteiger charge is -2.20. The number of alkyl halides is 3. The summed E-state index contributed by atoms with van der Waals surface area (Å²) in [4.78, 5) is 11.2. The van der Waals surface area contributed by atoms with Crippen molar-refractivity contribution in [2.24, 2.45) is 0 Å². The SMILES string of the molecule is Cc1cc2c(cc1C(=O)C(F)(F)F)OCCO2. The number of ketones is 1. The van der Waals surface area contributed by atoms with E-state index in [1.807, 2.05) is 0 Å². The number of halogens is 3. The monoisotopic (exact) mass is 246 g/mol. The van der Waals surface area contributed by atoms with Crippen LogP contribution in [0, 0.1) is 6.92 Å². The highest BCUT2D eigenvalue weighted by Crippen LogP contribution is 2.35. The molecule has 0 aliphatic carbocycles. The van der Waals surface area contributed by atoms with Crippen LogP contribution >= 0.6 is 0 Å². The standard InChI is InChI=1S/C11H9F3O3/c1-6-4-8-9(17-3-2-16-8)5-7(6)10(15)11(12,13)14/h4-5H,2-3H2,1H3. The summed E-state index contributed by atoms with van der Waals surface area (Å²) in [6.07, 6.45) is -4.88. The predicted octanol–water partition coefficient (Wildman–Crippen LogP) is 2.51. The van der Waals surface area contributed by atoms with Gasteiger partial charge in [0.25, 0.3) is 5.78 Å². The molecule has 1 aliphatic rings. The first kappa shape index (κ1) is 11.8. The molecule has 1 heterocycles. The molecule has 0 aromatic heterocycles. The van der Waals surface area contributed by atoms with Crippen molar-refractivity contribution >= 4 is 5.78 Å². The van der Waals surface area contributed by atoms with Crippen LogP contribution < -0.4 is 9.47 Å². The van der Waals surface area contributed by atoms with Gasteiger partial charge in [-0.3, -0.25) is 4.79 Å². The molecule has 0 atom stereocenters. The van der Waals surface area contributed by atoms with Crippen molar-refractivity contribution in [2.75, 3.05) is 13.2 Å². The second-order valence-corrected chi connectivity index (χ2v) is 3.64. The maximum absolute atomic E-state index is 12.3. The number of carbonyl (C=O) groups is 1. The third-order valence-electron chi connectivity index (χ3n) is 2.39. The number of aryl methyl sites for hydroxylation is 1. The Morgan fingerprint density at radius 3 is 2.24 bits per heavy atom. The second kappa shape index (κ2) is 3.94. The van der Waals surface area contributed by atoms with E-state index < -0.39 is 17.5 Å². The maximum Gasteiger partial charge on any atom is 0.454 e. The lowest BCUT2D eigenvalue weighted by atomic mass is 10.0. The van der Waals surface area contributed by atoms with E-state index in [1.165, 1.54) is 13.0 Å². The van der Waals surface area contributed by atoms with Gasteiger partial charge in [0.1, 0.15) is 13.2 Å². The molecule has 1 aliphatic heterocycles. The van der Waals surface area contributed by atoms with Crippen LogP contribution in [0.3, 0.4) is 0 Å². The minimum atomic E-state index is -4.88. The molecule has 92 valence electrons. The second-order valence-electron chi connectivity index (χ2n) is 3.64. The highest BCUT2D eigenvalue weighted by molar-refractivity contribution is 6.02. The van der Waals surface area contributed by atoms with Gasteiger partial charge in [0.05, 0.1) is 0 Å². The molecule has 1 aromatic carbocycles. The molecule has 2 rings (SSSR count). The zero-order chi connectivity index (χ0) is 12.6. The molecule has 3 nitrogen and oxygen atoms in total. The van der Waals surface area contributed by atoms with E-state index in [4.69, 9.17) is 9.47 Å². The average Bonchev–Trinajstić information content (AvgIpc) is 2.26. The zero-order valence-corrected chi connectivity index (χ0v) is 8.93. The molecular weight excluding hydrogens is 237 g/mol. The summed E-state index contributed by atoms with van der Waals surface area (Å²) in [6.45, 7) is 2.03. The molecule has 1 aromatic rings. The summed E-state index contributed by atoms with van der Waals surface area (Å²) in [5.74, 6) is -1.33. The van der Waals surface area contributed by atoms with E-state index in [2.05, 4.69) is 0 Å². The number of benzene rings is 1. The van der Waals surface area contributed by atoms with Crippen LogP contribution in [0.1, 0.15) is 15.9 Å². The molecule has 0 saturated heterocycles. The quantitative estimate of drug-likeness (QED) is 0.714. The molecule has 0 radical (unpaired) electrons. The van der Waals surface area contributed by atoms with Crippen LogP contribution in [0.15, 0.2) is 12.1 Å². The lowest BCUT2D eigenvalue weighted by molar-refractivity contribution is -0.0885. The van der Waals surface area contributed by atoms with Crippen LogP contribution in [0.4, 0.5) is 13.2 Å². The predicted molar refractivity (Wildman–Crippen MR) is 52.6 cm³/mol. The maximum atomic E-state index is 12.3. The first-order chi connectivity index (χ1) is 7.89. The van der Waals surface area contributed by atoms with Crippen LogP contribution in [0.25, 0.3) is 0 Å².